The monoisotopic (exact) mass is 174 g/mol. The molecule has 72 valence electrons. The van der Waals surface area contributed by atoms with E-state index in [1.807, 2.05) is 0 Å². The fourth-order valence-electron chi connectivity index (χ4n) is 1.36. The molecule has 0 aliphatic heterocycles. The molecule has 0 aromatic heterocycles. The molecule has 0 aromatic carbocycles. The van der Waals surface area contributed by atoms with Crippen LogP contribution in [-0.4, -0.2) is 36.6 Å². The normalized spacial score (nSPS) is 11.3. The maximum Gasteiger partial charge on any atom is 0.289 e. The Hall–Kier alpha value is -0.610. The van der Waals surface area contributed by atoms with E-state index in [-0.39, 0.29) is 5.91 Å². The second-order valence-corrected chi connectivity index (χ2v) is 3.02. The maximum atomic E-state index is 11.1. The largest absolute Gasteiger partial charge is 0.316 e. The van der Waals surface area contributed by atoms with Gasteiger partial charge in [0.2, 0.25) is 0 Å². The molecule has 0 saturated carbocycles. The SMILES string of the molecule is CC[N+](CC)(CC)CC(=O)NN. The summed E-state index contributed by atoms with van der Waals surface area (Å²) in [6.45, 7) is 9.69. The van der Waals surface area contributed by atoms with Gasteiger partial charge in [-0.2, -0.15) is 0 Å². The first kappa shape index (κ1) is 11.4. The highest BCUT2D eigenvalue weighted by atomic mass is 16.2. The van der Waals surface area contributed by atoms with Gasteiger partial charge in [-0.25, -0.2) is 5.84 Å². The molecule has 4 nitrogen and oxygen atoms in total. The number of likely N-dealkylation sites (N-methyl/N-ethyl adjacent to an activating group) is 1. The number of nitrogens with one attached hydrogen (secondary N) is 1. The predicted octanol–water partition coefficient (Wildman–Crippen LogP) is -0.147. The zero-order valence-electron chi connectivity index (χ0n) is 8.26. The third-order valence-corrected chi connectivity index (χ3v) is 2.65. The first-order valence-electron chi connectivity index (χ1n) is 4.48. The topological polar surface area (TPSA) is 55.1 Å². The van der Waals surface area contributed by atoms with Crippen molar-refractivity contribution in [2.45, 2.75) is 20.8 Å². The lowest BCUT2D eigenvalue weighted by atomic mass is 10.3. The van der Waals surface area contributed by atoms with Crippen LogP contribution in [0.25, 0.3) is 0 Å². The quantitative estimate of drug-likeness (QED) is 0.264. The minimum Gasteiger partial charge on any atom is -0.316 e. The third-order valence-electron chi connectivity index (χ3n) is 2.65. The molecule has 0 aliphatic rings. The molecule has 0 saturated heterocycles. The summed E-state index contributed by atoms with van der Waals surface area (Å²) in [6, 6.07) is 0. The van der Waals surface area contributed by atoms with Gasteiger partial charge in [-0.05, 0) is 20.8 Å². The molecule has 0 rings (SSSR count). The number of carbonyl (C=O) groups excluding carboxylic acids is 1. The Morgan fingerprint density at radius 3 is 1.92 bits per heavy atom. The van der Waals surface area contributed by atoms with Crippen molar-refractivity contribution < 1.29 is 9.28 Å². The summed E-state index contributed by atoms with van der Waals surface area (Å²) in [5.74, 6) is 4.95. The number of nitrogens with two attached hydrogens (primary N) is 1. The van der Waals surface area contributed by atoms with Gasteiger partial charge in [-0.15, -0.1) is 0 Å². The van der Waals surface area contributed by atoms with Gasteiger partial charge in [0.15, 0.2) is 6.54 Å². The Morgan fingerprint density at radius 1 is 1.25 bits per heavy atom. The molecule has 0 heterocycles. The van der Waals surface area contributed by atoms with E-state index in [0.717, 1.165) is 24.1 Å². The molecule has 0 atom stereocenters. The van der Waals surface area contributed by atoms with E-state index in [0.29, 0.717) is 6.54 Å². The Balaban J connectivity index is 4.19. The van der Waals surface area contributed by atoms with E-state index in [9.17, 15) is 4.79 Å². The van der Waals surface area contributed by atoms with Crippen LogP contribution in [0, 0.1) is 0 Å². The minimum atomic E-state index is -0.0828. The molecule has 12 heavy (non-hydrogen) atoms. The average molecular weight is 174 g/mol. The van der Waals surface area contributed by atoms with E-state index in [1.165, 1.54) is 0 Å². The number of rotatable bonds is 5. The molecule has 1 amide bonds. The third kappa shape index (κ3) is 2.79. The van der Waals surface area contributed by atoms with Crippen LogP contribution >= 0.6 is 0 Å². The summed E-state index contributed by atoms with van der Waals surface area (Å²) in [7, 11) is 0. The van der Waals surface area contributed by atoms with Crippen molar-refractivity contribution in [1.82, 2.24) is 5.43 Å². The summed E-state index contributed by atoms with van der Waals surface area (Å²) in [6.07, 6.45) is 0. The highest BCUT2D eigenvalue weighted by molar-refractivity contribution is 5.76. The lowest BCUT2D eigenvalue weighted by molar-refractivity contribution is -0.915. The van der Waals surface area contributed by atoms with E-state index in [4.69, 9.17) is 5.84 Å². The summed E-state index contributed by atoms with van der Waals surface area (Å²) in [5, 5.41) is 0. The van der Waals surface area contributed by atoms with Gasteiger partial charge in [0.25, 0.3) is 5.91 Å². The highest BCUT2D eigenvalue weighted by Gasteiger charge is 2.23. The standard InChI is InChI=1S/C8H19N3O/c1-4-11(5-2,6-3)7-8(12)10-9/h4-7,9H2,1-3H3/p+1. The van der Waals surface area contributed by atoms with Crippen molar-refractivity contribution in [3.63, 3.8) is 0 Å². The van der Waals surface area contributed by atoms with Crippen molar-refractivity contribution in [1.29, 1.82) is 0 Å². The average Bonchev–Trinajstić information content (AvgIpc) is 2.14. The van der Waals surface area contributed by atoms with E-state index >= 15 is 0 Å². The summed E-state index contributed by atoms with van der Waals surface area (Å²) >= 11 is 0. The van der Waals surface area contributed by atoms with Crippen molar-refractivity contribution in [3.8, 4) is 0 Å². The van der Waals surface area contributed by atoms with Crippen LogP contribution in [0.4, 0.5) is 0 Å². The van der Waals surface area contributed by atoms with Crippen LogP contribution in [-0.2, 0) is 4.79 Å². The number of nitrogens with zero attached hydrogens (tertiary/aromatic N) is 1. The lowest BCUT2D eigenvalue weighted by Crippen LogP contribution is -2.54. The van der Waals surface area contributed by atoms with Crippen molar-refractivity contribution in [3.05, 3.63) is 0 Å². The summed E-state index contributed by atoms with van der Waals surface area (Å²) < 4.78 is 0.809. The molecule has 4 heteroatoms. The fourth-order valence-corrected chi connectivity index (χ4v) is 1.36. The predicted molar refractivity (Wildman–Crippen MR) is 49.1 cm³/mol. The van der Waals surface area contributed by atoms with E-state index in [2.05, 4.69) is 26.2 Å². The van der Waals surface area contributed by atoms with Crippen LogP contribution in [0.2, 0.25) is 0 Å². The van der Waals surface area contributed by atoms with Gasteiger partial charge in [-0.3, -0.25) is 10.2 Å². The molecular weight excluding hydrogens is 154 g/mol. The second kappa shape index (κ2) is 5.11. The second-order valence-electron chi connectivity index (χ2n) is 3.02. The Kier molecular flexibility index (Phi) is 4.85. The number of hydrazine groups is 1. The number of quaternary nitrogens is 1. The van der Waals surface area contributed by atoms with Gasteiger partial charge in [0.1, 0.15) is 0 Å². The first-order chi connectivity index (χ1) is 5.64. The molecule has 0 fully saturated rings. The lowest BCUT2D eigenvalue weighted by Gasteiger charge is -2.34. The molecule has 3 N–H and O–H groups in total. The van der Waals surface area contributed by atoms with Gasteiger partial charge in [0.05, 0.1) is 19.6 Å². The van der Waals surface area contributed by atoms with Gasteiger partial charge in [0, 0.05) is 0 Å². The fraction of sp³-hybridized carbons (Fsp3) is 0.875. The zero-order valence-corrected chi connectivity index (χ0v) is 8.26. The van der Waals surface area contributed by atoms with E-state index in [1.54, 1.807) is 0 Å². The van der Waals surface area contributed by atoms with Crippen molar-refractivity contribution in [2.75, 3.05) is 26.2 Å². The van der Waals surface area contributed by atoms with E-state index < -0.39 is 0 Å². The zero-order chi connectivity index (χ0) is 9.61. The van der Waals surface area contributed by atoms with Gasteiger partial charge < -0.3 is 4.48 Å². The number of hydrogen-bond acceptors (Lipinski definition) is 2. The molecule has 0 aromatic rings. The molecule has 0 bridgehead atoms. The van der Waals surface area contributed by atoms with Crippen LogP contribution < -0.4 is 11.3 Å². The van der Waals surface area contributed by atoms with Crippen LogP contribution in [0.15, 0.2) is 0 Å². The number of amides is 1. The number of carbonyl (C=O) groups is 1. The molecule has 0 spiro atoms. The van der Waals surface area contributed by atoms with Crippen molar-refractivity contribution >= 4 is 5.91 Å². The van der Waals surface area contributed by atoms with Gasteiger partial charge >= 0.3 is 0 Å². The van der Waals surface area contributed by atoms with Crippen LogP contribution in [0.5, 0.6) is 0 Å². The molecule has 0 radical (unpaired) electrons. The summed E-state index contributed by atoms with van der Waals surface area (Å²) in [5.41, 5.74) is 2.17. The smallest absolute Gasteiger partial charge is 0.289 e. The number of hydrogen-bond donors (Lipinski definition) is 2. The Morgan fingerprint density at radius 2 is 1.67 bits per heavy atom. The van der Waals surface area contributed by atoms with Crippen LogP contribution in [0.3, 0.4) is 0 Å². The summed E-state index contributed by atoms with van der Waals surface area (Å²) in [4.78, 5) is 11.1. The molecule has 0 unspecified atom stereocenters. The Bertz CT molecular complexity index is 135. The first-order valence-corrected chi connectivity index (χ1v) is 4.48. The van der Waals surface area contributed by atoms with Crippen LogP contribution in [0.1, 0.15) is 20.8 Å². The highest BCUT2D eigenvalue weighted by Crippen LogP contribution is 2.04. The minimum absolute atomic E-state index is 0.0828. The molecular formula is C8H20N3O+. The van der Waals surface area contributed by atoms with Crippen molar-refractivity contribution in [2.24, 2.45) is 5.84 Å². The molecule has 0 aliphatic carbocycles. The Labute approximate surface area is 74.3 Å². The maximum absolute atomic E-state index is 11.1. The van der Waals surface area contributed by atoms with Gasteiger partial charge in [-0.1, -0.05) is 0 Å².